The van der Waals surface area contributed by atoms with Gasteiger partial charge in [-0.3, -0.25) is 24.2 Å². The number of anilines is 2. The standard InChI is InChI=1S/C32H41FN8O4/c1-3-4-5-12-35-31-30-25(36-32(34)37-31)10-13-40(30)20-23-7-6-22(17-26(23)45-2)19-38-15-16-39(21-24(38)18-33)27(42)11-14-41-28(43)8-9-29(41)44/h6-10,13,17,24H,3-5,11-12,14-16,18-21H2,1-2H3,(H3,34,35,36,37)/t24-/m1/s1. The van der Waals surface area contributed by atoms with Gasteiger partial charge in [0.05, 0.1) is 25.2 Å². The molecule has 1 atom stereocenters. The number of imide groups is 1. The van der Waals surface area contributed by atoms with E-state index in [1.54, 1.807) is 12.0 Å². The number of methoxy groups -OCH3 is 1. The average molecular weight is 621 g/mol. The Morgan fingerprint density at radius 3 is 2.64 bits per heavy atom. The number of hydrogen-bond acceptors (Lipinski definition) is 9. The maximum absolute atomic E-state index is 14.2. The highest BCUT2D eigenvalue weighted by molar-refractivity contribution is 6.13. The molecule has 2 aromatic heterocycles. The fourth-order valence-corrected chi connectivity index (χ4v) is 5.89. The van der Waals surface area contributed by atoms with Crippen molar-refractivity contribution in [3.63, 3.8) is 0 Å². The van der Waals surface area contributed by atoms with E-state index in [0.717, 1.165) is 52.9 Å². The number of amides is 3. The number of piperazine rings is 1. The molecule has 1 fully saturated rings. The van der Waals surface area contributed by atoms with Crippen LogP contribution in [0.15, 0.2) is 42.6 Å². The number of hydrogen-bond donors (Lipinski definition) is 2. The van der Waals surface area contributed by atoms with Crippen LogP contribution >= 0.6 is 0 Å². The molecule has 0 aliphatic carbocycles. The summed E-state index contributed by atoms with van der Waals surface area (Å²) in [7, 11) is 1.63. The average Bonchev–Trinajstić information content (AvgIpc) is 3.59. The van der Waals surface area contributed by atoms with Crippen molar-refractivity contribution < 1.29 is 23.5 Å². The number of nitrogens with zero attached hydrogens (tertiary/aromatic N) is 6. The molecule has 3 N–H and O–H groups in total. The van der Waals surface area contributed by atoms with Gasteiger partial charge in [0.2, 0.25) is 11.9 Å². The van der Waals surface area contributed by atoms with Crippen molar-refractivity contribution in [1.29, 1.82) is 0 Å². The minimum absolute atomic E-state index is 0.0173. The second kappa shape index (κ2) is 14.5. The number of nitrogens with one attached hydrogen (secondary N) is 1. The van der Waals surface area contributed by atoms with Crippen LogP contribution in [-0.4, -0.2) is 99.5 Å². The van der Waals surface area contributed by atoms with Crippen LogP contribution in [0.1, 0.15) is 43.7 Å². The van der Waals surface area contributed by atoms with Crippen LogP contribution in [0, 0.1) is 0 Å². The van der Waals surface area contributed by atoms with Gasteiger partial charge in [-0.25, -0.2) is 9.37 Å². The van der Waals surface area contributed by atoms with Gasteiger partial charge in [-0.05, 0) is 24.1 Å². The van der Waals surface area contributed by atoms with Gasteiger partial charge >= 0.3 is 0 Å². The molecule has 4 heterocycles. The van der Waals surface area contributed by atoms with Crippen LogP contribution in [0.25, 0.3) is 11.0 Å². The van der Waals surface area contributed by atoms with E-state index in [9.17, 15) is 18.8 Å². The fourth-order valence-electron chi connectivity index (χ4n) is 5.89. The van der Waals surface area contributed by atoms with Crippen LogP contribution in [0.2, 0.25) is 0 Å². The maximum Gasteiger partial charge on any atom is 0.253 e. The Morgan fingerprint density at radius 1 is 1.11 bits per heavy atom. The molecule has 3 amide bonds. The summed E-state index contributed by atoms with van der Waals surface area (Å²) in [5, 5.41) is 3.43. The number of rotatable bonds is 14. The van der Waals surface area contributed by atoms with Crippen LogP contribution in [0.5, 0.6) is 5.75 Å². The van der Waals surface area contributed by atoms with Crippen molar-refractivity contribution >= 4 is 40.5 Å². The van der Waals surface area contributed by atoms with E-state index in [2.05, 4.69) is 26.8 Å². The van der Waals surface area contributed by atoms with Crippen molar-refractivity contribution in [1.82, 2.24) is 29.2 Å². The van der Waals surface area contributed by atoms with Crippen molar-refractivity contribution in [2.45, 2.75) is 51.7 Å². The first-order valence-electron chi connectivity index (χ1n) is 15.4. The Kier molecular flexibility index (Phi) is 10.3. The fraction of sp³-hybridized carbons (Fsp3) is 0.469. The Hall–Kier alpha value is -4.52. The number of ether oxygens (including phenoxy) is 1. The molecule has 13 heteroatoms. The molecule has 240 valence electrons. The number of nitrogen functional groups attached to an aromatic ring is 1. The van der Waals surface area contributed by atoms with Crippen molar-refractivity contribution in [3.8, 4) is 5.75 Å². The number of carbonyl (C=O) groups is 3. The molecule has 1 aromatic carbocycles. The molecule has 3 aromatic rings. The van der Waals surface area contributed by atoms with Crippen molar-refractivity contribution in [2.75, 3.05) is 57.6 Å². The minimum Gasteiger partial charge on any atom is -0.496 e. The van der Waals surface area contributed by atoms with E-state index in [-0.39, 0.29) is 31.4 Å². The molecule has 0 spiro atoms. The molecular formula is C32H41FN8O4. The van der Waals surface area contributed by atoms with E-state index in [0.29, 0.717) is 37.7 Å². The minimum atomic E-state index is -0.603. The maximum atomic E-state index is 14.2. The van der Waals surface area contributed by atoms with Gasteiger partial charge in [0.25, 0.3) is 11.8 Å². The third-order valence-corrected chi connectivity index (χ3v) is 8.36. The number of halogens is 1. The normalized spacial score (nSPS) is 17.1. The van der Waals surface area contributed by atoms with Gasteiger partial charge in [0, 0.05) is 69.6 Å². The van der Waals surface area contributed by atoms with Gasteiger partial charge in [0.1, 0.15) is 17.9 Å². The number of carbonyl (C=O) groups excluding carboxylic acids is 3. The zero-order valence-corrected chi connectivity index (χ0v) is 25.9. The number of fused-ring (bicyclic) bond motifs is 1. The SMILES string of the molecule is CCCCCNc1nc(N)nc2ccn(Cc3ccc(CN4CCN(C(=O)CCN5C(=O)C=CC5=O)C[C@H]4CF)cc3OC)c12. The molecule has 45 heavy (non-hydrogen) atoms. The second-order valence-electron chi connectivity index (χ2n) is 11.4. The highest BCUT2D eigenvalue weighted by Gasteiger charge is 2.31. The smallest absolute Gasteiger partial charge is 0.253 e. The molecule has 0 bridgehead atoms. The van der Waals surface area contributed by atoms with Crippen LogP contribution in [-0.2, 0) is 27.5 Å². The summed E-state index contributed by atoms with van der Waals surface area (Å²) in [4.78, 5) is 50.0. The molecule has 2 aliphatic heterocycles. The number of unbranched alkanes of at least 4 members (excludes halogenated alkanes) is 2. The second-order valence-corrected chi connectivity index (χ2v) is 11.4. The number of benzene rings is 1. The lowest BCUT2D eigenvalue weighted by molar-refractivity contribution is -0.139. The highest BCUT2D eigenvalue weighted by atomic mass is 19.1. The summed E-state index contributed by atoms with van der Waals surface area (Å²) in [6, 6.07) is 7.48. The summed E-state index contributed by atoms with van der Waals surface area (Å²) in [6.45, 7) is 4.59. The third kappa shape index (κ3) is 7.42. The zero-order valence-electron chi connectivity index (χ0n) is 25.9. The largest absolute Gasteiger partial charge is 0.496 e. The number of alkyl halides is 1. The number of aromatic nitrogens is 3. The first-order chi connectivity index (χ1) is 21.8. The van der Waals surface area contributed by atoms with Gasteiger partial charge in [0.15, 0.2) is 5.82 Å². The Bertz CT molecular complexity index is 1560. The molecule has 0 radical (unpaired) electrons. The molecule has 1 saturated heterocycles. The molecule has 12 nitrogen and oxygen atoms in total. The zero-order chi connectivity index (χ0) is 31.9. The van der Waals surface area contributed by atoms with Gasteiger partial charge < -0.3 is 25.3 Å². The lowest BCUT2D eigenvalue weighted by atomic mass is 10.1. The van der Waals surface area contributed by atoms with Gasteiger partial charge in [-0.2, -0.15) is 4.98 Å². The van der Waals surface area contributed by atoms with Crippen molar-refractivity contribution in [2.24, 2.45) is 0 Å². The predicted octanol–water partition coefficient (Wildman–Crippen LogP) is 2.97. The van der Waals surface area contributed by atoms with E-state index < -0.39 is 24.5 Å². The topological polar surface area (TPSA) is 139 Å². The Balaban J connectivity index is 1.23. The lowest BCUT2D eigenvalue weighted by Gasteiger charge is -2.40. The molecule has 0 saturated carbocycles. The monoisotopic (exact) mass is 620 g/mol. The first-order valence-corrected chi connectivity index (χ1v) is 15.4. The summed E-state index contributed by atoms with van der Waals surface area (Å²) < 4.78 is 22.0. The molecule has 2 aliphatic rings. The first kappa shape index (κ1) is 31.9. The molecule has 0 unspecified atom stereocenters. The summed E-state index contributed by atoms with van der Waals surface area (Å²) in [5.41, 5.74) is 9.56. The van der Waals surface area contributed by atoms with E-state index in [1.165, 1.54) is 12.2 Å². The highest BCUT2D eigenvalue weighted by Crippen LogP contribution is 2.28. The van der Waals surface area contributed by atoms with E-state index >= 15 is 0 Å². The van der Waals surface area contributed by atoms with Crippen LogP contribution in [0.4, 0.5) is 16.2 Å². The Labute approximate surface area is 262 Å². The van der Waals surface area contributed by atoms with Crippen LogP contribution < -0.4 is 15.8 Å². The van der Waals surface area contributed by atoms with Crippen molar-refractivity contribution in [3.05, 3.63) is 53.7 Å². The van der Waals surface area contributed by atoms with Gasteiger partial charge in [-0.1, -0.05) is 31.9 Å². The Morgan fingerprint density at radius 2 is 1.91 bits per heavy atom. The summed E-state index contributed by atoms with van der Waals surface area (Å²) >= 11 is 0. The molecular weight excluding hydrogens is 579 g/mol. The van der Waals surface area contributed by atoms with Crippen LogP contribution in [0.3, 0.4) is 0 Å². The molecule has 5 rings (SSSR count). The van der Waals surface area contributed by atoms with Gasteiger partial charge in [-0.15, -0.1) is 0 Å². The van der Waals surface area contributed by atoms with E-state index in [4.69, 9.17) is 10.5 Å². The summed E-state index contributed by atoms with van der Waals surface area (Å²) in [6.07, 6.45) is 7.67. The summed E-state index contributed by atoms with van der Waals surface area (Å²) in [5.74, 6) is 0.622. The quantitative estimate of drug-likeness (QED) is 0.206. The number of nitrogens with two attached hydrogens (primary N) is 1. The van der Waals surface area contributed by atoms with E-state index in [1.807, 2.05) is 35.4 Å². The lowest BCUT2D eigenvalue weighted by Crippen LogP contribution is -2.55. The third-order valence-electron chi connectivity index (χ3n) is 8.36. The predicted molar refractivity (Wildman–Crippen MR) is 169 cm³/mol.